The molecule has 2 unspecified atom stereocenters. The lowest BCUT2D eigenvalue weighted by Gasteiger charge is -2.46. The number of hydrogen-bond donors (Lipinski definition) is 0. The maximum absolute atomic E-state index is 12.5. The molecule has 0 aliphatic heterocycles. The molecule has 0 spiro atoms. The summed E-state index contributed by atoms with van der Waals surface area (Å²) in [5.74, 6) is -0.313. The highest BCUT2D eigenvalue weighted by atomic mass is 16.6. The number of esters is 2. The lowest BCUT2D eigenvalue weighted by atomic mass is 9.67. The quantitative estimate of drug-likeness (QED) is 0.787. The minimum atomic E-state index is -0.394. The summed E-state index contributed by atoms with van der Waals surface area (Å²) >= 11 is 0. The number of carbonyl (C=O) groups is 2. The maximum atomic E-state index is 12.5. The van der Waals surface area contributed by atoms with E-state index in [1.165, 1.54) is 0 Å². The first-order valence-corrected chi connectivity index (χ1v) is 8.94. The highest BCUT2D eigenvalue weighted by Gasteiger charge is 2.48. The van der Waals surface area contributed by atoms with E-state index in [-0.39, 0.29) is 11.8 Å². The van der Waals surface area contributed by atoms with E-state index in [9.17, 15) is 9.59 Å². The van der Waals surface area contributed by atoms with Crippen LogP contribution in [-0.4, -0.2) is 34.1 Å². The van der Waals surface area contributed by atoms with Crippen molar-refractivity contribution in [2.75, 3.05) is 0 Å². The first kappa shape index (κ1) is 16.7. The fourth-order valence-corrected chi connectivity index (χ4v) is 4.02. The first-order valence-electron chi connectivity index (χ1n) is 8.94. The van der Waals surface area contributed by atoms with E-state index in [1.54, 1.807) is 49.1 Å². The van der Waals surface area contributed by atoms with Crippen molar-refractivity contribution in [3.05, 3.63) is 60.2 Å². The van der Waals surface area contributed by atoms with Crippen molar-refractivity contribution in [2.24, 2.45) is 11.8 Å². The fourth-order valence-electron chi connectivity index (χ4n) is 4.02. The third-order valence-electron chi connectivity index (χ3n) is 5.39. The van der Waals surface area contributed by atoms with Crippen molar-refractivity contribution in [3.63, 3.8) is 0 Å². The van der Waals surface area contributed by atoms with E-state index in [0.717, 1.165) is 25.7 Å². The molecule has 26 heavy (non-hydrogen) atoms. The third-order valence-corrected chi connectivity index (χ3v) is 5.39. The van der Waals surface area contributed by atoms with Gasteiger partial charge in [-0.15, -0.1) is 0 Å². The highest BCUT2D eigenvalue weighted by molar-refractivity contribution is 5.90. The zero-order valence-corrected chi connectivity index (χ0v) is 14.3. The average Bonchev–Trinajstić information content (AvgIpc) is 2.71. The molecule has 6 nitrogen and oxygen atoms in total. The van der Waals surface area contributed by atoms with Gasteiger partial charge in [0.15, 0.2) is 0 Å². The van der Waals surface area contributed by atoms with Crippen molar-refractivity contribution < 1.29 is 19.1 Å². The molecule has 134 valence electrons. The van der Waals surface area contributed by atoms with Gasteiger partial charge in [0.25, 0.3) is 0 Å². The number of fused-ring (bicyclic) bond motifs is 3. The Morgan fingerprint density at radius 3 is 1.38 bits per heavy atom. The summed E-state index contributed by atoms with van der Waals surface area (Å²) in [7, 11) is 0. The number of ether oxygens (including phenoxy) is 2. The van der Waals surface area contributed by atoms with Gasteiger partial charge in [-0.25, -0.2) is 9.59 Å². The molecular formula is C20H20N2O4. The predicted octanol–water partition coefficient (Wildman–Crippen LogP) is 3.05. The van der Waals surface area contributed by atoms with Crippen LogP contribution in [0.5, 0.6) is 0 Å². The van der Waals surface area contributed by atoms with Crippen LogP contribution in [0.4, 0.5) is 0 Å². The third kappa shape index (κ3) is 3.31. The van der Waals surface area contributed by atoms with Crippen LogP contribution in [-0.2, 0) is 9.47 Å². The molecule has 3 fully saturated rings. The Morgan fingerprint density at radius 2 is 1.04 bits per heavy atom. The van der Waals surface area contributed by atoms with Crippen LogP contribution in [0, 0.1) is 11.8 Å². The molecule has 3 aliphatic rings. The SMILES string of the molecule is O=C(OC1C2CCC(CC2)C1OC(=O)c1ccncc1)c1ccncc1. The van der Waals surface area contributed by atoms with Crippen LogP contribution < -0.4 is 0 Å². The maximum Gasteiger partial charge on any atom is 0.338 e. The van der Waals surface area contributed by atoms with Gasteiger partial charge in [-0.3, -0.25) is 9.97 Å². The minimum absolute atomic E-state index is 0.237. The zero-order valence-electron chi connectivity index (χ0n) is 14.3. The average molecular weight is 352 g/mol. The smallest absolute Gasteiger partial charge is 0.338 e. The number of aromatic nitrogens is 2. The Labute approximate surface area is 151 Å². The van der Waals surface area contributed by atoms with E-state index >= 15 is 0 Å². The summed E-state index contributed by atoms with van der Waals surface area (Å²) in [5.41, 5.74) is 0.918. The van der Waals surface area contributed by atoms with E-state index < -0.39 is 24.1 Å². The number of nitrogens with zero attached hydrogens (tertiary/aromatic N) is 2. The van der Waals surface area contributed by atoms with Crippen molar-refractivity contribution >= 4 is 11.9 Å². The first-order chi connectivity index (χ1) is 12.7. The number of rotatable bonds is 4. The van der Waals surface area contributed by atoms with Gasteiger partial charge in [-0.2, -0.15) is 0 Å². The summed E-state index contributed by atoms with van der Waals surface area (Å²) in [4.78, 5) is 32.8. The number of hydrogen-bond acceptors (Lipinski definition) is 6. The van der Waals surface area contributed by atoms with E-state index in [4.69, 9.17) is 9.47 Å². The number of pyridine rings is 2. The van der Waals surface area contributed by atoms with Crippen LogP contribution in [0.15, 0.2) is 49.1 Å². The molecule has 2 heterocycles. The van der Waals surface area contributed by atoms with Crippen LogP contribution >= 0.6 is 0 Å². The van der Waals surface area contributed by atoms with Crippen LogP contribution in [0.2, 0.25) is 0 Å². The second-order valence-electron chi connectivity index (χ2n) is 6.89. The molecule has 0 amide bonds. The van der Waals surface area contributed by atoms with Crippen LogP contribution in [0.3, 0.4) is 0 Å². The summed E-state index contributed by atoms with van der Waals surface area (Å²) < 4.78 is 11.6. The highest BCUT2D eigenvalue weighted by Crippen LogP contribution is 2.44. The number of carbonyl (C=O) groups excluding carboxylic acids is 2. The van der Waals surface area contributed by atoms with Gasteiger partial charge in [0, 0.05) is 24.8 Å². The van der Waals surface area contributed by atoms with Crippen molar-refractivity contribution in [3.8, 4) is 0 Å². The topological polar surface area (TPSA) is 78.4 Å². The molecule has 3 saturated carbocycles. The monoisotopic (exact) mass is 352 g/mol. The Kier molecular flexibility index (Phi) is 4.65. The standard InChI is InChI=1S/C20H20N2O4/c23-19(15-5-9-21-10-6-15)25-17-13-1-2-14(4-3-13)18(17)26-20(24)16-7-11-22-12-8-16/h5-14,17-18H,1-4H2. The van der Waals surface area contributed by atoms with Gasteiger partial charge in [-0.1, -0.05) is 0 Å². The predicted molar refractivity (Wildman–Crippen MR) is 92.3 cm³/mol. The molecule has 0 N–H and O–H groups in total. The molecule has 0 aromatic carbocycles. The van der Waals surface area contributed by atoms with Crippen LogP contribution in [0.25, 0.3) is 0 Å². The van der Waals surface area contributed by atoms with E-state index in [2.05, 4.69) is 9.97 Å². The summed E-state index contributed by atoms with van der Waals surface area (Å²) in [5, 5.41) is 0. The molecule has 2 atom stereocenters. The molecular weight excluding hydrogens is 332 g/mol. The second kappa shape index (κ2) is 7.23. The molecule has 5 rings (SSSR count). The lowest BCUT2D eigenvalue weighted by molar-refractivity contribution is -0.121. The fraction of sp³-hybridized carbons (Fsp3) is 0.400. The van der Waals surface area contributed by atoms with E-state index in [0.29, 0.717) is 11.1 Å². The zero-order chi connectivity index (χ0) is 17.9. The molecule has 6 heteroatoms. The van der Waals surface area contributed by atoms with E-state index in [1.807, 2.05) is 0 Å². The van der Waals surface area contributed by atoms with Gasteiger partial charge in [0.2, 0.25) is 0 Å². The minimum Gasteiger partial charge on any atom is -0.455 e. The lowest BCUT2D eigenvalue weighted by Crippen LogP contribution is -2.52. The summed E-state index contributed by atoms with van der Waals surface area (Å²) in [6.45, 7) is 0. The summed E-state index contributed by atoms with van der Waals surface area (Å²) in [6, 6.07) is 6.51. The summed E-state index contributed by atoms with van der Waals surface area (Å²) in [6.07, 6.45) is 9.46. The Hall–Kier alpha value is -2.76. The normalized spacial score (nSPS) is 26.9. The Balaban J connectivity index is 1.51. The largest absolute Gasteiger partial charge is 0.455 e. The van der Waals surface area contributed by atoms with Gasteiger partial charge in [-0.05, 0) is 61.8 Å². The van der Waals surface area contributed by atoms with Gasteiger partial charge >= 0.3 is 11.9 Å². The Morgan fingerprint density at radius 1 is 0.692 bits per heavy atom. The second-order valence-corrected chi connectivity index (χ2v) is 6.89. The molecule has 2 aromatic rings. The van der Waals surface area contributed by atoms with Crippen LogP contribution in [0.1, 0.15) is 46.4 Å². The molecule has 3 aliphatic carbocycles. The molecule has 0 radical (unpaired) electrons. The van der Waals surface area contributed by atoms with Gasteiger partial charge in [0.05, 0.1) is 11.1 Å². The van der Waals surface area contributed by atoms with Crippen molar-refractivity contribution in [1.29, 1.82) is 0 Å². The molecule has 2 aromatic heterocycles. The Bertz CT molecular complexity index is 705. The van der Waals surface area contributed by atoms with Crippen molar-refractivity contribution in [2.45, 2.75) is 37.9 Å². The molecule has 0 saturated heterocycles. The van der Waals surface area contributed by atoms with Gasteiger partial charge < -0.3 is 9.47 Å². The van der Waals surface area contributed by atoms with Crippen molar-refractivity contribution in [1.82, 2.24) is 9.97 Å². The van der Waals surface area contributed by atoms with Gasteiger partial charge in [0.1, 0.15) is 12.2 Å². The molecule has 2 bridgehead atoms.